The lowest BCUT2D eigenvalue weighted by Gasteiger charge is -2.05. The summed E-state index contributed by atoms with van der Waals surface area (Å²) in [6.45, 7) is 1.55. The molecule has 2 aromatic heterocycles. The number of carbonyl (C=O) groups is 1. The second-order valence-corrected chi connectivity index (χ2v) is 3.77. The van der Waals surface area contributed by atoms with Gasteiger partial charge in [0.25, 0.3) is 0 Å². The minimum atomic E-state index is -0.00514. The molecule has 3 nitrogen and oxygen atoms in total. The van der Waals surface area contributed by atoms with Gasteiger partial charge in [-0.15, -0.1) is 0 Å². The Morgan fingerprint density at radius 2 is 1.88 bits per heavy atom. The van der Waals surface area contributed by atoms with Crippen molar-refractivity contribution in [2.75, 3.05) is 0 Å². The number of hydrogen-bond acceptors (Lipinski definition) is 2. The predicted molar refractivity (Wildman–Crippen MR) is 62.7 cm³/mol. The molecule has 0 saturated heterocycles. The van der Waals surface area contributed by atoms with Crippen LogP contribution >= 0.6 is 0 Å². The summed E-state index contributed by atoms with van der Waals surface area (Å²) in [4.78, 5) is 15.9. The molecule has 0 aliphatic carbocycles. The maximum absolute atomic E-state index is 11.5. The molecule has 3 aromatic rings. The Morgan fingerprint density at radius 3 is 2.69 bits per heavy atom. The molecule has 0 aliphatic heterocycles. The van der Waals surface area contributed by atoms with E-state index in [1.807, 2.05) is 47.0 Å². The van der Waals surface area contributed by atoms with Gasteiger partial charge in [-0.05, 0) is 24.3 Å². The van der Waals surface area contributed by atoms with Gasteiger partial charge in [0.15, 0.2) is 5.78 Å². The van der Waals surface area contributed by atoms with E-state index in [-0.39, 0.29) is 5.78 Å². The fraction of sp³-hybridized carbons (Fsp3) is 0.0769. The molecular weight excluding hydrogens is 200 g/mol. The summed E-state index contributed by atoms with van der Waals surface area (Å²) in [5.41, 5.74) is 3.26. The zero-order valence-electron chi connectivity index (χ0n) is 8.84. The van der Waals surface area contributed by atoms with Crippen molar-refractivity contribution in [3.8, 4) is 0 Å². The molecule has 0 aliphatic rings. The summed E-state index contributed by atoms with van der Waals surface area (Å²) in [6.07, 6.45) is 1.95. The molecule has 0 spiro atoms. The van der Waals surface area contributed by atoms with Gasteiger partial charge in [-0.1, -0.05) is 12.1 Å². The Balaban J connectivity index is 2.58. The molecule has 16 heavy (non-hydrogen) atoms. The van der Waals surface area contributed by atoms with Crippen molar-refractivity contribution in [3.05, 3.63) is 48.3 Å². The number of fused-ring (bicyclic) bond motifs is 3. The second kappa shape index (κ2) is 3.17. The van der Waals surface area contributed by atoms with Crippen molar-refractivity contribution in [2.24, 2.45) is 0 Å². The molecule has 0 N–H and O–H groups in total. The Bertz CT molecular complexity index is 697. The highest BCUT2D eigenvalue weighted by molar-refractivity contribution is 6.01. The van der Waals surface area contributed by atoms with Crippen molar-refractivity contribution in [2.45, 2.75) is 6.92 Å². The quantitative estimate of drug-likeness (QED) is 0.579. The van der Waals surface area contributed by atoms with E-state index in [0.717, 1.165) is 16.6 Å². The van der Waals surface area contributed by atoms with Gasteiger partial charge in [0.2, 0.25) is 0 Å². The molecule has 0 unspecified atom stereocenters. The largest absolute Gasteiger partial charge is 0.313 e. The molecule has 3 heteroatoms. The molecule has 0 fully saturated rings. The van der Waals surface area contributed by atoms with Crippen LogP contribution in [0, 0.1) is 0 Å². The first kappa shape index (κ1) is 9.09. The fourth-order valence-electron chi connectivity index (χ4n) is 1.98. The fourth-order valence-corrected chi connectivity index (χ4v) is 1.98. The van der Waals surface area contributed by atoms with Gasteiger partial charge in [-0.2, -0.15) is 0 Å². The van der Waals surface area contributed by atoms with E-state index in [1.165, 1.54) is 0 Å². The first-order valence-corrected chi connectivity index (χ1v) is 5.14. The lowest BCUT2D eigenvalue weighted by atomic mass is 10.2. The first-order valence-electron chi connectivity index (χ1n) is 5.14. The maximum atomic E-state index is 11.5. The summed E-state index contributed by atoms with van der Waals surface area (Å²) in [7, 11) is 0. The van der Waals surface area contributed by atoms with Crippen LogP contribution in [0.3, 0.4) is 0 Å². The number of benzene rings is 1. The van der Waals surface area contributed by atoms with E-state index in [2.05, 4.69) is 4.98 Å². The lowest BCUT2D eigenvalue weighted by molar-refractivity contribution is 0.101. The Kier molecular flexibility index (Phi) is 1.80. The van der Waals surface area contributed by atoms with Crippen LogP contribution < -0.4 is 0 Å². The first-order chi connectivity index (χ1) is 7.77. The molecule has 0 amide bonds. The normalized spacial score (nSPS) is 11.1. The van der Waals surface area contributed by atoms with Gasteiger partial charge >= 0.3 is 0 Å². The highest BCUT2D eigenvalue weighted by Crippen LogP contribution is 2.18. The standard InChI is InChI=1S/C13H10N2O/c1-9(16)13-12-7-4-8-15(12)11-6-3-2-5-10(11)14-13/h2-8H,1H3. The Hall–Kier alpha value is -2.16. The van der Waals surface area contributed by atoms with Gasteiger partial charge < -0.3 is 4.40 Å². The number of nitrogens with zero attached hydrogens (tertiary/aromatic N) is 2. The number of rotatable bonds is 1. The van der Waals surface area contributed by atoms with Gasteiger partial charge in [0, 0.05) is 13.1 Å². The van der Waals surface area contributed by atoms with E-state index in [1.54, 1.807) is 6.92 Å². The van der Waals surface area contributed by atoms with Crippen molar-refractivity contribution >= 4 is 22.3 Å². The topological polar surface area (TPSA) is 34.4 Å². The number of hydrogen-bond donors (Lipinski definition) is 0. The van der Waals surface area contributed by atoms with Crippen LogP contribution in [0.1, 0.15) is 17.4 Å². The number of para-hydroxylation sites is 2. The Labute approximate surface area is 92.3 Å². The van der Waals surface area contributed by atoms with E-state index >= 15 is 0 Å². The monoisotopic (exact) mass is 210 g/mol. The minimum Gasteiger partial charge on any atom is -0.313 e. The molecular formula is C13H10N2O. The van der Waals surface area contributed by atoms with Crippen LogP contribution in [-0.4, -0.2) is 15.2 Å². The van der Waals surface area contributed by atoms with Gasteiger partial charge in [-0.25, -0.2) is 4.98 Å². The van der Waals surface area contributed by atoms with E-state index < -0.39 is 0 Å². The zero-order valence-corrected chi connectivity index (χ0v) is 8.84. The molecule has 2 heterocycles. The number of ketones is 1. The lowest BCUT2D eigenvalue weighted by Crippen LogP contribution is -2.02. The van der Waals surface area contributed by atoms with Crippen LogP contribution in [-0.2, 0) is 0 Å². The molecule has 3 rings (SSSR count). The highest BCUT2D eigenvalue weighted by Gasteiger charge is 2.10. The predicted octanol–water partition coefficient (Wildman–Crippen LogP) is 2.69. The molecule has 1 aromatic carbocycles. The smallest absolute Gasteiger partial charge is 0.180 e. The average Bonchev–Trinajstić information content (AvgIpc) is 2.76. The average molecular weight is 210 g/mol. The van der Waals surface area contributed by atoms with Gasteiger partial charge in [0.1, 0.15) is 5.69 Å². The molecule has 0 atom stereocenters. The van der Waals surface area contributed by atoms with Crippen LogP contribution in [0.5, 0.6) is 0 Å². The zero-order chi connectivity index (χ0) is 11.1. The Morgan fingerprint density at radius 1 is 1.12 bits per heavy atom. The SMILES string of the molecule is CC(=O)c1nc2ccccc2n2cccc12. The summed E-state index contributed by atoms with van der Waals surface area (Å²) < 4.78 is 2.00. The van der Waals surface area contributed by atoms with Crippen molar-refractivity contribution < 1.29 is 4.79 Å². The number of aromatic nitrogens is 2. The van der Waals surface area contributed by atoms with Crippen molar-refractivity contribution in [1.29, 1.82) is 0 Å². The second-order valence-electron chi connectivity index (χ2n) is 3.77. The van der Waals surface area contributed by atoms with Crippen LogP contribution in [0.25, 0.3) is 16.6 Å². The van der Waals surface area contributed by atoms with Crippen LogP contribution in [0.2, 0.25) is 0 Å². The maximum Gasteiger partial charge on any atom is 0.180 e. The van der Waals surface area contributed by atoms with E-state index in [0.29, 0.717) is 5.69 Å². The summed E-state index contributed by atoms with van der Waals surface area (Å²) >= 11 is 0. The molecule has 0 saturated carbocycles. The third-order valence-electron chi connectivity index (χ3n) is 2.70. The molecule has 0 bridgehead atoms. The van der Waals surface area contributed by atoms with Crippen LogP contribution in [0.15, 0.2) is 42.6 Å². The molecule has 78 valence electrons. The third-order valence-corrected chi connectivity index (χ3v) is 2.70. The van der Waals surface area contributed by atoms with Crippen molar-refractivity contribution in [1.82, 2.24) is 9.38 Å². The van der Waals surface area contributed by atoms with Gasteiger partial charge in [0.05, 0.1) is 16.6 Å². The highest BCUT2D eigenvalue weighted by atomic mass is 16.1. The van der Waals surface area contributed by atoms with Crippen LogP contribution in [0.4, 0.5) is 0 Å². The summed E-state index contributed by atoms with van der Waals surface area (Å²) in [6, 6.07) is 11.7. The third kappa shape index (κ3) is 1.15. The summed E-state index contributed by atoms with van der Waals surface area (Å²) in [5.74, 6) is -0.00514. The number of carbonyl (C=O) groups excluding carboxylic acids is 1. The number of Topliss-reactive ketones (excluding diaryl/α,β-unsaturated/α-hetero) is 1. The van der Waals surface area contributed by atoms with E-state index in [9.17, 15) is 4.79 Å². The molecule has 0 radical (unpaired) electrons. The van der Waals surface area contributed by atoms with Crippen molar-refractivity contribution in [3.63, 3.8) is 0 Å². The van der Waals surface area contributed by atoms with Gasteiger partial charge in [-0.3, -0.25) is 4.79 Å². The summed E-state index contributed by atoms with van der Waals surface area (Å²) in [5, 5.41) is 0. The van der Waals surface area contributed by atoms with E-state index in [4.69, 9.17) is 0 Å². The minimum absolute atomic E-state index is 0.00514.